The first-order chi connectivity index (χ1) is 1.00. The Labute approximate surface area is 78.6 Å². The summed E-state index contributed by atoms with van der Waals surface area (Å²) in [7, 11) is 0. The Bertz CT molecular complexity index is 7.61. The van der Waals surface area contributed by atoms with Crippen molar-refractivity contribution in [2.24, 2.45) is 0 Å². The van der Waals surface area contributed by atoms with Gasteiger partial charge in [-0.25, -0.2) is 0 Å². The predicted molar refractivity (Wildman–Crippen MR) is 9.93 cm³/mol. The smallest absolute Gasteiger partial charge is 0 e. The molecule has 0 amide bonds. The molecule has 0 aromatic heterocycles. The molecular formula is C2H3CeCl2-2. The van der Waals surface area contributed by atoms with Crippen LogP contribution in [0, 0.1) is 48.3 Å². The molecule has 0 aromatic rings. The van der Waals surface area contributed by atoms with Crippen molar-refractivity contribution in [3.05, 3.63) is 13.2 Å². The Hall–Kier alpha value is 1.70. The molecular weight excluding hydrogens is 235 g/mol. The van der Waals surface area contributed by atoms with Crippen molar-refractivity contribution in [3.63, 3.8) is 0 Å². The number of hydrogen-bond acceptors (Lipinski definition) is 0. The Morgan fingerprint density at radius 1 is 1.00 bits per heavy atom. The van der Waals surface area contributed by atoms with Gasteiger partial charge < -0.3 is 24.8 Å². The monoisotopic (exact) mass is 237 g/mol. The van der Waals surface area contributed by atoms with Crippen LogP contribution in [0.5, 0.6) is 0 Å². The Balaban J connectivity index is -0.00000000167. The van der Waals surface area contributed by atoms with E-state index in [4.69, 9.17) is 0 Å². The molecule has 1 radical (unpaired) electrons. The van der Waals surface area contributed by atoms with Crippen LogP contribution in [-0.4, -0.2) is 0 Å². The summed E-state index contributed by atoms with van der Waals surface area (Å²) >= 11 is 0. The average Bonchev–Trinajstić information content (AvgIpc) is 1.00. The SMILES string of the molecule is [CH]=C.[Ce].[Cl-].[Cl-]. The van der Waals surface area contributed by atoms with Crippen LogP contribution in [0.4, 0.5) is 0 Å². The molecule has 0 saturated heterocycles. The first kappa shape index (κ1) is 29.9. The van der Waals surface area contributed by atoms with E-state index < -0.39 is 0 Å². The van der Waals surface area contributed by atoms with Crippen molar-refractivity contribution < 1.29 is 66.6 Å². The van der Waals surface area contributed by atoms with E-state index in [1.54, 1.807) is 0 Å². The molecule has 0 saturated carbocycles. The molecule has 0 heterocycles. The summed E-state index contributed by atoms with van der Waals surface area (Å²) in [6, 6.07) is 0. The Morgan fingerprint density at radius 3 is 1.00 bits per heavy atom. The molecule has 31 valence electrons. The van der Waals surface area contributed by atoms with E-state index in [0.717, 1.165) is 0 Å². The molecule has 0 aliphatic heterocycles. The number of hydrogen-bond donors (Lipinski definition) is 0. The third kappa shape index (κ3) is 27.0. The molecule has 0 fully saturated rings. The van der Waals surface area contributed by atoms with E-state index >= 15 is 0 Å². The molecule has 0 aromatic carbocycles. The van der Waals surface area contributed by atoms with E-state index in [9.17, 15) is 0 Å². The number of halogens is 2. The van der Waals surface area contributed by atoms with Gasteiger partial charge in [0.2, 0.25) is 0 Å². The number of rotatable bonds is 0. The fourth-order valence-corrected chi connectivity index (χ4v) is 0. The van der Waals surface area contributed by atoms with Gasteiger partial charge in [-0.1, -0.05) is 13.2 Å². The summed E-state index contributed by atoms with van der Waals surface area (Å²) in [5, 5.41) is 0. The molecule has 0 bridgehead atoms. The largest absolute Gasteiger partial charge is 1.00 e. The van der Waals surface area contributed by atoms with E-state index in [-0.39, 0.29) is 66.6 Å². The quantitative estimate of drug-likeness (QED) is 0.395. The van der Waals surface area contributed by atoms with Crippen molar-refractivity contribution in [1.29, 1.82) is 0 Å². The van der Waals surface area contributed by atoms with Gasteiger partial charge in [0.1, 0.15) is 0 Å². The third-order valence-corrected chi connectivity index (χ3v) is 0. The first-order valence-corrected chi connectivity index (χ1v) is 0.408. The maximum Gasteiger partial charge on any atom is 0 e. The van der Waals surface area contributed by atoms with Crippen LogP contribution in [0.15, 0.2) is 6.58 Å². The van der Waals surface area contributed by atoms with Gasteiger partial charge in [0, 0.05) is 41.7 Å². The molecule has 0 aliphatic carbocycles. The minimum atomic E-state index is 0. The molecule has 0 nitrogen and oxygen atoms in total. The zero-order chi connectivity index (χ0) is 2.00. The Morgan fingerprint density at radius 2 is 1.00 bits per heavy atom. The summed E-state index contributed by atoms with van der Waals surface area (Å²) in [5.41, 5.74) is 0. The second-order valence-corrected chi connectivity index (χ2v) is 0. The minimum Gasteiger partial charge on any atom is -1.00 e. The van der Waals surface area contributed by atoms with Crippen LogP contribution in [0.1, 0.15) is 0 Å². The molecule has 0 aliphatic rings. The molecule has 0 N–H and O–H groups in total. The summed E-state index contributed by atoms with van der Waals surface area (Å²) in [4.78, 5) is 0. The van der Waals surface area contributed by atoms with Crippen LogP contribution >= 0.6 is 0 Å². The summed E-state index contributed by atoms with van der Waals surface area (Å²) in [5.74, 6) is 0. The van der Waals surface area contributed by atoms with Gasteiger partial charge in [0.05, 0.1) is 0 Å². The molecule has 0 rings (SSSR count). The van der Waals surface area contributed by atoms with Crippen molar-refractivity contribution in [1.82, 2.24) is 0 Å². The van der Waals surface area contributed by atoms with Gasteiger partial charge in [-0.2, -0.15) is 0 Å². The molecule has 3 heteroatoms. The maximum atomic E-state index is 4.25. The van der Waals surface area contributed by atoms with E-state index in [1.165, 1.54) is 0 Å². The van der Waals surface area contributed by atoms with Crippen molar-refractivity contribution >= 4 is 0 Å². The third-order valence-electron chi connectivity index (χ3n) is 0. The van der Waals surface area contributed by atoms with E-state index in [1.807, 2.05) is 0 Å². The van der Waals surface area contributed by atoms with Crippen LogP contribution in [0.25, 0.3) is 0 Å². The fraction of sp³-hybridized carbons (Fsp3) is 0. The summed E-state index contributed by atoms with van der Waals surface area (Å²) in [6.07, 6.45) is 0. The van der Waals surface area contributed by atoms with E-state index in [0.29, 0.717) is 0 Å². The second-order valence-electron chi connectivity index (χ2n) is 0. The summed E-state index contributed by atoms with van der Waals surface area (Å²) < 4.78 is 0. The summed E-state index contributed by atoms with van der Waals surface area (Å²) in [6.45, 7) is 7.00. The molecule has 5 heavy (non-hydrogen) atoms. The molecule has 0 unspecified atom stereocenters. The zero-order valence-corrected chi connectivity index (χ0v) is 7.19. The topological polar surface area (TPSA) is 0 Å². The second kappa shape index (κ2) is 43.7. The van der Waals surface area contributed by atoms with Gasteiger partial charge in [0.25, 0.3) is 0 Å². The van der Waals surface area contributed by atoms with Crippen LogP contribution in [0.3, 0.4) is 0 Å². The normalized spacial score (nSPS) is 0.800. The Kier molecular flexibility index (Phi) is 261. The fourth-order valence-electron chi connectivity index (χ4n) is 0. The standard InChI is InChI=1S/C2H3.Ce.2ClH/c1-2;;;/h1H,2H2;;2*1H/p-2. The molecule has 0 atom stereocenters. The van der Waals surface area contributed by atoms with Crippen LogP contribution in [0.2, 0.25) is 0 Å². The zero-order valence-electron chi connectivity index (χ0n) is 2.54. The van der Waals surface area contributed by atoms with Crippen molar-refractivity contribution in [2.45, 2.75) is 0 Å². The first-order valence-electron chi connectivity index (χ1n) is 0.408. The minimum absolute atomic E-state index is 0. The maximum absolute atomic E-state index is 4.25. The predicted octanol–water partition coefficient (Wildman–Crippen LogP) is -5.39. The van der Waals surface area contributed by atoms with Crippen molar-refractivity contribution in [3.8, 4) is 0 Å². The van der Waals surface area contributed by atoms with E-state index in [2.05, 4.69) is 13.2 Å². The van der Waals surface area contributed by atoms with Gasteiger partial charge in [0.15, 0.2) is 0 Å². The van der Waals surface area contributed by atoms with Gasteiger partial charge in [-0.3, -0.25) is 0 Å². The van der Waals surface area contributed by atoms with Gasteiger partial charge in [-0.05, 0) is 0 Å². The average molecular weight is 238 g/mol. The van der Waals surface area contributed by atoms with Gasteiger partial charge >= 0.3 is 0 Å². The molecule has 0 spiro atoms. The van der Waals surface area contributed by atoms with Crippen LogP contribution in [-0.2, 0) is 0 Å². The van der Waals surface area contributed by atoms with Crippen molar-refractivity contribution in [2.75, 3.05) is 0 Å². The van der Waals surface area contributed by atoms with Gasteiger partial charge in [-0.15, -0.1) is 0 Å². The van der Waals surface area contributed by atoms with Crippen LogP contribution < -0.4 is 24.8 Å².